The standard InChI is InChI=1S/C29H30FN7O4/c1-2-27(41)32-19-4-3-5-21(14-19)37-22(18-39)16-26(40)23-17-31-29(34-28(23)37)33-25-7-6-20(15-24(25)30)36-10-8-35(9-11-36)12-13-38/h2-7,14-17,38-39H,1,8-13,18H2,(H,32,41)(H,31,33,34). The van der Waals surface area contributed by atoms with Crippen LogP contribution in [0.25, 0.3) is 16.7 Å². The molecule has 12 heteroatoms. The topological polar surface area (TPSA) is 136 Å². The molecule has 41 heavy (non-hydrogen) atoms. The van der Waals surface area contributed by atoms with Crippen LogP contribution in [0.15, 0.2) is 72.2 Å². The summed E-state index contributed by atoms with van der Waals surface area (Å²) < 4.78 is 16.8. The number of amides is 1. The van der Waals surface area contributed by atoms with Crippen molar-refractivity contribution >= 4 is 40.0 Å². The monoisotopic (exact) mass is 559 g/mol. The summed E-state index contributed by atoms with van der Waals surface area (Å²) in [5.41, 5.74) is 2.01. The van der Waals surface area contributed by atoms with Gasteiger partial charge in [-0.25, -0.2) is 9.37 Å². The fourth-order valence-electron chi connectivity index (χ4n) is 4.82. The molecule has 5 rings (SSSR count). The summed E-state index contributed by atoms with van der Waals surface area (Å²) in [6, 6.07) is 13.0. The highest BCUT2D eigenvalue weighted by Crippen LogP contribution is 2.26. The summed E-state index contributed by atoms with van der Waals surface area (Å²) in [4.78, 5) is 37.6. The van der Waals surface area contributed by atoms with Gasteiger partial charge in [0.25, 0.3) is 0 Å². The zero-order valence-corrected chi connectivity index (χ0v) is 22.3. The van der Waals surface area contributed by atoms with Crippen molar-refractivity contribution in [1.29, 1.82) is 0 Å². The number of rotatable bonds is 9. The SMILES string of the molecule is C=CC(=O)Nc1cccc(-n2c(CO)cc(=O)c3cnc(Nc4ccc(N5CCN(CCO)CC5)cc4F)nc32)c1. The predicted octanol–water partition coefficient (Wildman–Crippen LogP) is 2.39. The maximum absolute atomic E-state index is 15.2. The Hall–Kier alpha value is -4.65. The Morgan fingerprint density at radius 1 is 1.07 bits per heavy atom. The lowest BCUT2D eigenvalue weighted by molar-refractivity contribution is -0.111. The minimum atomic E-state index is -0.490. The molecule has 1 aliphatic heterocycles. The summed E-state index contributed by atoms with van der Waals surface area (Å²) in [5.74, 6) is -0.822. The van der Waals surface area contributed by atoms with Crippen LogP contribution in [0, 0.1) is 5.82 Å². The maximum atomic E-state index is 15.2. The fourth-order valence-corrected chi connectivity index (χ4v) is 4.82. The van der Waals surface area contributed by atoms with E-state index < -0.39 is 12.4 Å². The van der Waals surface area contributed by atoms with Crippen LogP contribution in [-0.4, -0.2) is 74.9 Å². The second kappa shape index (κ2) is 12.3. The second-order valence-corrected chi connectivity index (χ2v) is 9.51. The lowest BCUT2D eigenvalue weighted by Gasteiger charge is -2.35. The molecule has 1 saturated heterocycles. The molecule has 0 aliphatic carbocycles. The van der Waals surface area contributed by atoms with Gasteiger partial charge in [0.15, 0.2) is 11.1 Å². The van der Waals surface area contributed by atoms with E-state index in [0.717, 1.165) is 37.9 Å². The van der Waals surface area contributed by atoms with Crippen molar-refractivity contribution in [1.82, 2.24) is 19.4 Å². The first-order valence-corrected chi connectivity index (χ1v) is 13.1. The molecule has 2 aromatic carbocycles. The van der Waals surface area contributed by atoms with Crippen molar-refractivity contribution in [3.63, 3.8) is 0 Å². The van der Waals surface area contributed by atoms with E-state index in [4.69, 9.17) is 5.11 Å². The van der Waals surface area contributed by atoms with Crippen LogP contribution in [0.5, 0.6) is 0 Å². The van der Waals surface area contributed by atoms with Gasteiger partial charge < -0.3 is 25.7 Å². The van der Waals surface area contributed by atoms with Crippen molar-refractivity contribution in [2.24, 2.45) is 0 Å². The van der Waals surface area contributed by atoms with Gasteiger partial charge in [-0.05, 0) is 42.5 Å². The van der Waals surface area contributed by atoms with E-state index in [0.29, 0.717) is 17.9 Å². The third-order valence-electron chi connectivity index (χ3n) is 6.90. The molecule has 1 aliphatic rings. The number of anilines is 4. The van der Waals surface area contributed by atoms with Gasteiger partial charge in [-0.1, -0.05) is 12.6 Å². The van der Waals surface area contributed by atoms with Crippen LogP contribution in [0.4, 0.5) is 27.4 Å². The van der Waals surface area contributed by atoms with Gasteiger partial charge in [-0.2, -0.15) is 4.98 Å². The molecule has 0 unspecified atom stereocenters. The van der Waals surface area contributed by atoms with E-state index >= 15 is 4.39 Å². The highest BCUT2D eigenvalue weighted by Gasteiger charge is 2.19. The van der Waals surface area contributed by atoms with E-state index in [9.17, 15) is 14.7 Å². The van der Waals surface area contributed by atoms with Gasteiger partial charge in [-0.3, -0.25) is 19.1 Å². The van der Waals surface area contributed by atoms with Crippen LogP contribution >= 0.6 is 0 Å². The number of fused-ring (bicyclic) bond motifs is 1. The summed E-state index contributed by atoms with van der Waals surface area (Å²) in [6.45, 7) is 6.77. The van der Waals surface area contributed by atoms with Gasteiger partial charge >= 0.3 is 0 Å². The van der Waals surface area contributed by atoms with Crippen molar-refractivity contribution in [3.8, 4) is 5.69 Å². The van der Waals surface area contributed by atoms with Crippen LogP contribution < -0.4 is 21.0 Å². The van der Waals surface area contributed by atoms with Gasteiger partial charge in [0, 0.05) is 62.0 Å². The lowest BCUT2D eigenvalue weighted by atomic mass is 10.2. The quantitative estimate of drug-likeness (QED) is 0.228. The Kier molecular flexibility index (Phi) is 8.34. The first-order valence-electron chi connectivity index (χ1n) is 13.1. The lowest BCUT2D eigenvalue weighted by Crippen LogP contribution is -2.47. The number of carbonyl (C=O) groups is 1. The Labute approximate surface area is 235 Å². The number of benzene rings is 2. The normalized spacial score (nSPS) is 13.8. The van der Waals surface area contributed by atoms with Crippen LogP contribution in [0.1, 0.15) is 5.69 Å². The molecule has 212 valence electrons. The fraction of sp³-hybridized carbons (Fsp3) is 0.241. The van der Waals surface area contributed by atoms with Crippen molar-refractivity contribution in [2.75, 3.05) is 54.9 Å². The van der Waals surface area contributed by atoms with Gasteiger partial charge in [0.2, 0.25) is 11.9 Å². The number of β-amino-alcohol motifs (C(OH)–C–C–N with tert-alkyl or cyclic N) is 1. The number of aliphatic hydroxyl groups is 2. The van der Waals surface area contributed by atoms with Gasteiger partial charge in [0.1, 0.15) is 5.82 Å². The molecule has 1 fully saturated rings. The molecule has 0 saturated carbocycles. The number of nitrogens with zero attached hydrogens (tertiary/aromatic N) is 5. The number of piperazine rings is 1. The van der Waals surface area contributed by atoms with E-state index in [1.54, 1.807) is 34.9 Å². The molecule has 4 aromatic rings. The molecule has 1 amide bonds. The minimum absolute atomic E-state index is 0.0566. The van der Waals surface area contributed by atoms with Gasteiger partial charge in [-0.15, -0.1) is 0 Å². The number of nitrogens with one attached hydrogen (secondary N) is 2. The Balaban J connectivity index is 1.46. The largest absolute Gasteiger partial charge is 0.395 e. The van der Waals surface area contributed by atoms with E-state index in [1.165, 1.54) is 18.3 Å². The molecule has 11 nitrogen and oxygen atoms in total. The first-order chi connectivity index (χ1) is 19.9. The maximum Gasteiger partial charge on any atom is 0.247 e. The Bertz CT molecular complexity index is 1650. The highest BCUT2D eigenvalue weighted by molar-refractivity contribution is 5.99. The smallest absolute Gasteiger partial charge is 0.247 e. The third kappa shape index (κ3) is 6.09. The highest BCUT2D eigenvalue weighted by atomic mass is 19.1. The zero-order chi connectivity index (χ0) is 28.9. The summed E-state index contributed by atoms with van der Waals surface area (Å²) in [7, 11) is 0. The first kappa shape index (κ1) is 27.9. The van der Waals surface area contributed by atoms with Crippen LogP contribution in [0.2, 0.25) is 0 Å². The number of hydrogen-bond acceptors (Lipinski definition) is 9. The van der Waals surface area contributed by atoms with Crippen molar-refractivity contribution in [3.05, 3.63) is 89.1 Å². The Morgan fingerprint density at radius 3 is 2.59 bits per heavy atom. The number of aliphatic hydroxyl groups excluding tert-OH is 2. The van der Waals surface area contributed by atoms with Crippen molar-refractivity contribution in [2.45, 2.75) is 6.61 Å². The molecule has 0 spiro atoms. The van der Waals surface area contributed by atoms with Crippen LogP contribution in [0.3, 0.4) is 0 Å². The van der Waals surface area contributed by atoms with Crippen LogP contribution in [-0.2, 0) is 11.4 Å². The number of halogens is 1. The predicted molar refractivity (Wildman–Crippen MR) is 155 cm³/mol. The summed E-state index contributed by atoms with van der Waals surface area (Å²) >= 11 is 0. The summed E-state index contributed by atoms with van der Waals surface area (Å²) in [6.07, 6.45) is 2.50. The van der Waals surface area contributed by atoms with Gasteiger partial charge in [0.05, 0.1) is 30.0 Å². The number of pyridine rings is 1. The summed E-state index contributed by atoms with van der Waals surface area (Å²) in [5, 5.41) is 25.0. The second-order valence-electron chi connectivity index (χ2n) is 9.51. The van der Waals surface area contributed by atoms with E-state index in [-0.39, 0.29) is 46.3 Å². The number of carbonyl (C=O) groups excluding carboxylic acids is 1. The molecule has 4 N–H and O–H groups in total. The zero-order valence-electron chi connectivity index (χ0n) is 22.3. The molecule has 2 aromatic heterocycles. The number of aromatic nitrogens is 3. The molecular weight excluding hydrogens is 529 g/mol. The van der Waals surface area contributed by atoms with Crippen molar-refractivity contribution < 1.29 is 19.4 Å². The average molecular weight is 560 g/mol. The average Bonchev–Trinajstić information content (AvgIpc) is 2.98. The molecule has 0 atom stereocenters. The Morgan fingerprint density at radius 2 is 1.88 bits per heavy atom. The molecule has 3 heterocycles. The van der Waals surface area contributed by atoms with E-state index in [2.05, 4.69) is 37.0 Å². The number of hydrogen-bond donors (Lipinski definition) is 4. The van der Waals surface area contributed by atoms with E-state index in [1.807, 2.05) is 6.07 Å². The molecular formula is C29H30FN7O4. The molecule has 0 bridgehead atoms. The minimum Gasteiger partial charge on any atom is -0.395 e. The molecule has 0 radical (unpaired) electrons. The third-order valence-corrected chi connectivity index (χ3v) is 6.90.